The van der Waals surface area contributed by atoms with Gasteiger partial charge in [0.25, 0.3) is 11.6 Å². The lowest BCUT2D eigenvalue weighted by Gasteiger charge is -2.34. The topological polar surface area (TPSA) is 92.9 Å². The van der Waals surface area contributed by atoms with Crippen LogP contribution < -0.4 is 0 Å². The Bertz CT molecular complexity index is 935. The fourth-order valence-corrected chi connectivity index (χ4v) is 3.20. The predicted molar refractivity (Wildman–Crippen MR) is 94.1 cm³/mol. The quantitative estimate of drug-likeness (QED) is 0.758. The second-order valence-corrected chi connectivity index (χ2v) is 6.65. The first-order valence-electron chi connectivity index (χ1n) is 9.11. The third-order valence-corrected chi connectivity index (χ3v) is 4.79. The van der Waals surface area contributed by atoms with Crippen LogP contribution in [0.4, 0.5) is 18.0 Å². The fraction of sp³-hybridized carbons (Fsp3) is 0.588. The minimum absolute atomic E-state index is 0.0266. The van der Waals surface area contributed by atoms with E-state index in [0.29, 0.717) is 43.1 Å². The molecule has 3 rings (SSSR count). The third-order valence-electron chi connectivity index (χ3n) is 4.79. The normalized spacial score (nSPS) is 15.1. The number of carbonyl (C=O) groups excluding carboxylic acids is 2. The summed E-state index contributed by atoms with van der Waals surface area (Å²) in [7, 11) is 0. The molecule has 0 aliphatic carbocycles. The maximum atomic E-state index is 12.9. The molecule has 158 valence electrons. The lowest BCUT2D eigenvalue weighted by molar-refractivity contribution is -0.144. The van der Waals surface area contributed by atoms with Crippen molar-refractivity contribution in [3.8, 4) is 0 Å². The van der Waals surface area contributed by atoms with Crippen molar-refractivity contribution in [2.24, 2.45) is 0 Å². The highest BCUT2D eigenvalue weighted by molar-refractivity contribution is 5.80. The summed E-state index contributed by atoms with van der Waals surface area (Å²) in [5.41, 5.74) is 1.32. The molecule has 0 spiro atoms. The van der Waals surface area contributed by atoms with Gasteiger partial charge >= 0.3 is 12.3 Å². The Morgan fingerprint density at radius 3 is 2.28 bits per heavy atom. The van der Waals surface area contributed by atoms with Crippen LogP contribution in [0.25, 0.3) is 5.78 Å². The van der Waals surface area contributed by atoms with E-state index in [0.717, 1.165) is 4.52 Å². The van der Waals surface area contributed by atoms with Gasteiger partial charge in [-0.2, -0.15) is 18.2 Å². The van der Waals surface area contributed by atoms with Crippen LogP contribution in [0.1, 0.15) is 29.7 Å². The van der Waals surface area contributed by atoms with E-state index in [4.69, 9.17) is 4.74 Å². The van der Waals surface area contributed by atoms with E-state index in [1.807, 2.05) is 0 Å². The Morgan fingerprint density at radius 1 is 1.07 bits per heavy atom. The van der Waals surface area contributed by atoms with Crippen LogP contribution >= 0.6 is 0 Å². The van der Waals surface area contributed by atoms with Crippen molar-refractivity contribution in [3.05, 3.63) is 22.8 Å². The Labute approximate surface area is 164 Å². The van der Waals surface area contributed by atoms with E-state index in [-0.39, 0.29) is 24.7 Å². The van der Waals surface area contributed by atoms with Gasteiger partial charge in [-0.15, -0.1) is 5.10 Å². The number of amides is 2. The van der Waals surface area contributed by atoms with Crippen molar-refractivity contribution >= 4 is 17.8 Å². The number of fused-ring (bicyclic) bond motifs is 1. The first-order chi connectivity index (χ1) is 13.6. The van der Waals surface area contributed by atoms with Gasteiger partial charge in [0.15, 0.2) is 0 Å². The number of piperazine rings is 1. The summed E-state index contributed by atoms with van der Waals surface area (Å²) in [5, 5.41) is 3.49. The molecule has 2 aromatic heterocycles. The Balaban J connectivity index is 1.75. The van der Waals surface area contributed by atoms with Gasteiger partial charge in [-0.25, -0.2) is 14.3 Å². The second-order valence-electron chi connectivity index (χ2n) is 6.65. The highest BCUT2D eigenvalue weighted by Crippen LogP contribution is 2.27. The summed E-state index contributed by atoms with van der Waals surface area (Å²) in [5.74, 6) is -1.63. The van der Waals surface area contributed by atoms with Gasteiger partial charge in [0, 0.05) is 43.1 Å². The lowest BCUT2D eigenvalue weighted by atomic mass is 10.1. The van der Waals surface area contributed by atoms with Crippen LogP contribution in [0, 0.1) is 13.8 Å². The van der Waals surface area contributed by atoms with E-state index >= 15 is 0 Å². The molecule has 1 saturated heterocycles. The van der Waals surface area contributed by atoms with Crippen LogP contribution in [0.5, 0.6) is 0 Å². The van der Waals surface area contributed by atoms with Gasteiger partial charge in [0.05, 0.1) is 13.0 Å². The van der Waals surface area contributed by atoms with Crippen LogP contribution in [-0.4, -0.2) is 74.2 Å². The summed E-state index contributed by atoms with van der Waals surface area (Å²) < 4.78 is 44.6. The van der Waals surface area contributed by atoms with E-state index in [9.17, 15) is 22.8 Å². The first kappa shape index (κ1) is 20.8. The van der Waals surface area contributed by atoms with Crippen LogP contribution in [0.3, 0.4) is 0 Å². The number of alkyl halides is 3. The molecule has 12 heteroatoms. The molecule has 2 amide bonds. The lowest BCUT2D eigenvalue weighted by Crippen LogP contribution is -2.51. The minimum atomic E-state index is -4.68. The minimum Gasteiger partial charge on any atom is -0.450 e. The average Bonchev–Trinajstić information content (AvgIpc) is 3.10. The van der Waals surface area contributed by atoms with E-state index in [2.05, 4.69) is 15.1 Å². The summed E-state index contributed by atoms with van der Waals surface area (Å²) in [6.45, 7) is 6.63. The summed E-state index contributed by atoms with van der Waals surface area (Å²) in [6, 6.07) is 0. The molecular weight excluding hydrogens is 393 g/mol. The molecule has 0 aromatic carbocycles. The SMILES string of the molecule is CCOC(=O)N1CCN(C(=O)Cc2c(C)nc3nc(C(F)(F)F)nn3c2C)CC1. The van der Waals surface area contributed by atoms with Crippen LogP contribution in [0.15, 0.2) is 0 Å². The number of hydrogen-bond acceptors (Lipinski definition) is 6. The molecule has 3 heterocycles. The summed E-state index contributed by atoms with van der Waals surface area (Å²) in [4.78, 5) is 35.1. The molecule has 0 saturated carbocycles. The highest BCUT2D eigenvalue weighted by atomic mass is 19.4. The molecule has 0 unspecified atom stereocenters. The molecule has 0 bridgehead atoms. The number of rotatable bonds is 3. The molecular formula is C17H21F3N6O3. The van der Waals surface area contributed by atoms with Gasteiger partial charge in [-0.05, 0) is 20.8 Å². The van der Waals surface area contributed by atoms with E-state index in [1.54, 1.807) is 25.7 Å². The van der Waals surface area contributed by atoms with Crippen molar-refractivity contribution in [2.45, 2.75) is 33.4 Å². The molecule has 29 heavy (non-hydrogen) atoms. The van der Waals surface area contributed by atoms with Crippen LogP contribution in [-0.2, 0) is 22.1 Å². The standard InChI is InChI=1S/C17H21F3N6O3/c1-4-29-16(28)25-7-5-24(6-8-25)13(27)9-12-10(2)21-15-22-14(17(18,19)20)23-26(15)11(12)3/h4-9H2,1-3H3. The van der Waals surface area contributed by atoms with Gasteiger partial charge in [-0.1, -0.05) is 0 Å². The summed E-state index contributed by atoms with van der Waals surface area (Å²) >= 11 is 0. The molecule has 9 nitrogen and oxygen atoms in total. The number of aryl methyl sites for hydroxylation is 2. The van der Waals surface area contributed by atoms with Gasteiger partial charge < -0.3 is 14.5 Å². The van der Waals surface area contributed by atoms with Crippen molar-refractivity contribution < 1.29 is 27.5 Å². The number of aromatic nitrogens is 4. The Hall–Kier alpha value is -2.92. The molecule has 0 radical (unpaired) electrons. The van der Waals surface area contributed by atoms with Crippen molar-refractivity contribution in [1.29, 1.82) is 0 Å². The molecule has 0 N–H and O–H groups in total. The molecule has 1 fully saturated rings. The zero-order valence-corrected chi connectivity index (χ0v) is 16.3. The average molecular weight is 414 g/mol. The fourth-order valence-electron chi connectivity index (χ4n) is 3.20. The maximum absolute atomic E-state index is 12.9. The zero-order chi connectivity index (χ0) is 21.3. The molecule has 1 aliphatic heterocycles. The van der Waals surface area contributed by atoms with Crippen molar-refractivity contribution in [3.63, 3.8) is 0 Å². The third kappa shape index (κ3) is 4.25. The maximum Gasteiger partial charge on any atom is 0.453 e. The zero-order valence-electron chi connectivity index (χ0n) is 16.3. The monoisotopic (exact) mass is 414 g/mol. The van der Waals surface area contributed by atoms with Gasteiger partial charge in [-0.3, -0.25) is 4.79 Å². The highest BCUT2D eigenvalue weighted by Gasteiger charge is 2.37. The van der Waals surface area contributed by atoms with Gasteiger partial charge in [0.2, 0.25) is 5.91 Å². The molecule has 1 aliphatic rings. The number of nitrogens with zero attached hydrogens (tertiary/aromatic N) is 6. The van der Waals surface area contributed by atoms with Crippen LogP contribution in [0.2, 0.25) is 0 Å². The predicted octanol–water partition coefficient (Wildman–Crippen LogP) is 1.60. The molecule has 0 atom stereocenters. The number of ether oxygens (including phenoxy) is 1. The second kappa shape index (κ2) is 7.84. The Kier molecular flexibility index (Phi) is 5.62. The Morgan fingerprint density at radius 2 is 1.69 bits per heavy atom. The molecule has 2 aromatic rings. The summed E-state index contributed by atoms with van der Waals surface area (Å²) in [6.07, 6.45) is -5.11. The number of hydrogen-bond donors (Lipinski definition) is 0. The number of carbonyl (C=O) groups is 2. The van der Waals surface area contributed by atoms with Crippen molar-refractivity contribution in [1.82, 2.24) is 29.4 Å². The smallest absolute Gasteiger partial charge is 0.450 e. The largest absolute Gasteiger partial charge is 0.453 e. The number of halogens is 3. The van der Waals surface area contributed by atoms with E-state index < -0.39 is 18.1 Å². The first-order valence-corrected chi connectivity index (χ1v) is 9.11. The van der Waals surface area contributed by atoms with E-state index in [1.165, 1.54) is 4.90 Å². The van der Waals surface area contributed by atoms with Crippen molar-refractivity contribution in [2.75, 3.05) is 32.8 Å². The van der Waals surface area contributed by atoms with Gasteiger partial charge in [0.1, 0.15) is 0 Å².